The van der Waals surface area contributed by atoms with Crippen LogP contribution in [-0.2, 0) is 10.9 Å². The van der Waals surface area contributed by atoms with Gasteiger partial charge >= 0.3 is 6.18 Å². The quantitative estimate of drug-likeness (QED) is 0.881. The van der Waals surface area contributed by atoms with Crippen molar-refractivity contribution in [2.24, 2.45) is 0 Å². The fourth-order valence-corrected chi connectivity index (χ4v) is 4.59. The van der Waals surface area contributed by atoms with Crippen LogP contribution in [0.4, 0.5) is 18.9 Å². The van der Waals surface area contributed by atoms with E-state index >= 15 is 0 Å². The maximum atomic E-state index is 13.2. The summed E-state index contributed by atoms with van der Waals surface area (Å²) in [5, 5.41) is 12.0. The van der Waals surface area contributed by atoms with Crippen LogP contribution in [0.3, 0.4) is 0 Å². The average molecular weight is 342 g/mol. The number of rotatable bonds is 2. The molecule has 0 bridgehead atoms. The van der Waals surface area contributed by atoms with Crippen LogP contribution in [0.1, 0.15) is 30.4 Å². The highest BCUT2D eigenvalue weighted by Crippen LogP contribution is 2.40. The number of anilines is 1. The molecule has 2 atom stereocenters. The van der Waals surface area contributed by atoms with E-state index in [2.05, 4.69) is 5.32 Å². The van der Waals surface area contributed by atoms with Gasteiger partial charge in [0.25, 0.3) is 0 Å². The summed E-state index contributed by atoms with van der Waals surface area (Å²) in [6.45, 7) is 0.553. The van der Waals surface area contributed by atoms with E-state index in [0.29, 0.717) is 19.4 Å². The van der Waals surface area contributed by atoms with Gasteiger partial charge in [-0.1, -0.05) is 0 Å². The van der Waals surface area contributed by atoms with Gasteiger partial charge in [-0.2, -0.15) is 30.2 Å². The van der Waals surface area contributed by atoms with Crippen LogP contribution in [0.5, 0.6) is 0 Å². The van der Waals surface area contributed by atoms with Crippen molar-refractivity contribution >= 4 is 17.4 Å². The summed E-state index contributed by atoms with van der Waals surface area (Å²) in [6.07, 6.45) is -2.13. The van der Waals surface area contributed by atoms with E-state index in [0.717, 1.165) is 24.0 Å². The number of benzene rings is 1. The molecule has 1 spiro atoms. The lowest BCUT2D eigenvalue weighted by molar-refractivity contribution is -0.137. The van der Waals surface area contributed by atoms with Gasteiger partial charge in [-0.25, -0.2) is 0 Å². The molecule has 1 N–H and O–H groups in total. The zero-order chi connectivity index (χ0) is 16.5. The smallest absolute Gasteiger partial charge is 0.382 e. The summed E-state index contributed by atoms with van der Waals surface area (Å²) in [7, 11) is 0. The van der Waals surface area contributed by atoms with Gasteiger partial charge in [-0.15, -0.1) is 0 Å². The molecule has 1 aromatic rings. The number of thioether (sulfide) groups is 1. The maximum absolute atomic E-state index is 13.2. The third-order valence-corrected chi connectivity index (χ3v) is 5.60. The Kier molecular flexibility index (Phi) is 4.47. The monoisotopic (exact) mass is 342 g/mol. The summed E-state index contributed by atoms with van der Waals surface area (Å²) in [5.41, 5.74) is -0.716. The van der Waals surface area contributed by atoms with Gasteiger partial charge in [0, 0.05) is 24.1 Å². The van der Waals surface area contributed by atoms with Crippen molar-refractivity contribution in [2.75, 3.05) is 23.4 Å². The third kappa shape index (κ3) is 3.59. The van der Waals surface area contributed by atoms with Gasteiger partial charge < -0.3 is 10.1 Å². The Morgan fingerprint density at radius 3 is 2.87 bits per heavy atom. The molecule has 7 heteroatoms. The number of hydrogen-bond donors (Lipinski definition) is 1. The molecular formula is C16H17F3N2OS. The third-order valence-electron chi connectivity index (χ3n) is 4.37. The molecule has 2 aliphatic heterocycles. The lowest BCUT2D eigenvalue weighted by Crippen LogP contribution is -2.44. The van der Waals surface area contributed by atoms with Crippen molar-refractivity contribution in [3.63, 3.8) is 0 Å². The normalized spacial score (nSPS) is 27.8. The predicted molar refractivity (Wildman–Crippen MR) is 83.4 cm³/mol. The second kappa shape index (κ2) is 6.25. The van der Waals surface area contributed by atoms with Crippen LogP contribution in [0, 0.1) is 11.3 Å². The maximum Gasteiger partial charge on any atom is 0.418 e. The first kappa shape index (κ1) is 16.5. The van der Waals surface area contributed by atoms with E-state index in [4.69, 9.17) is 10.00 Å². The van der Waals surface area contributed by atoms with E-state index in [-0.39, 0.29) is 22.9 Å². The molecule has 2 aliphatic rings. The first-order valence-corrected chi connectivity index (χ1v) is 8.67. The minimum Gasteiger partial charge on any atom is -0.382 e. The van der Waals surface area contributed by atoms with E-state index < -0.39 is 11.7 Å². The molecule has 0 radical (unpaired) electrons. The molecular weight excluding hydrogens is 325 g/mol. The molecule has 2 fully saturated rings. The standard InChI is InChI=1S/C16H17F3N2OS/c17-16(18,19)13-2-1-11(9-20)7-14(13)21-12-3-5-22-15(8-12)4-6-23-10-15/h1-2,7,12,21H,3-6,8,10H2. The van der Waals surface area contributed by atoms with Crippen LogP contribution >= 0.6 is 11.8 Å². The number of nitrogens with one attached hydrogen (secondary N) is 1. The predicted octanol–water partition coefficient (Wildman–Crippen LogP) is 4.04. The zero-order valence-corrected chi connectivity index (χ0v) is 13.3. The number of ether oxygens (including phenoxy) is 1. The molecule has 2 unspecified atom stereocenters. The van der Waals surface area contributed by atoms with E-state index in [1.807, 2.05) is 17.8 Å². The molecule has 1 aromatic carbocycles. The number of nitriles is 1. The molecule has 2 heterocycles. The summed E-state index contributed by atoms with van der Waals surface area (Å²) in [5.74, 6) is 1.93. The number of alkyl halides is 3. The summed E-state index contributed by atoms with van der Waals surface area (Å²) in [4.78, 5) is 0. The van der Waals surface area contributed by atoms with Crippen molar-refractivity contribution in [1.29, 1.82) is 5.26 Å². The van der Waals surface area contributed by atoms with Gasteiger partial charge in [0.1, 0.15) is 0 Å². The van der Waals surface area contributed by atoms with Gasteiger partial charge in [-0.05, 0) is 43.2 Å². The van der Waals surface area contributed by atoms with Crippen LogP contribution in [0.2, 0.25) is 0 Å². The highest BCUT2D eigenvalue weighted by atomic mass is 32.2. The van der Waals surface area contributed by atoms with Crippen LogP contribution < -0.4 is 5.32 Å². The summed E-state index contributed by atoms with van der Waals surface area (Å²) in [6, 6.07) is 5.29. The fraction of sp³-hybridized carbons (Fsp3) is 0.562. The van der Waals surface area contributed by atoms with Gasteiger partial charge in [-0.3, -0.25) is 0 Å². The van der Waals surface area contributed by atoms with Crippen LogP contribution in [-0.4, -0.2) is 29.8 Å². The van der Waals surface area contributed by atoms with Gasteiger partial charge in [0.2, 0.25) is 0 Å². The largest absolute Gasteiger partial charge is 0.418 e. The topological polar surface area (TPSA) is 45.0 Å². The van der Waals surface area contributed by atoms with Crippen molar-refractivity contribution < 1.29 is 17.9 Å². The Morgan fingerprint density at radius 2 is 2.22 bits per heavy atom. The zero-order valence-electron chi connectivity index (χ0n) is 12.4. The number of nitrogens with zero attached hydrogens (tertiary/aromatic N) is 1. The highest BCUT2D eigenvalue weighted by Gasteiger charge is 2.41. The molecule has 0 aliphatic carbocycles. The number of hydrogen-bond acceptors (Lipinski definition) is 4. The average Bonchev–Trinajstić information content (AvgIpc) is 2.93. The van der Waals surface area contributed by atoms with E-state index in [1.165, 1.54) is 12.1 Å². The molecule has 3 nitrogen and oxygen atoms in total. The molecule has 2 saturated heterocycles. The summed E-state index contributed by atoms with van der Waals surface area (Å²) < 4.78 is 45.4. The Hall–Kier alpha value is -1.39. The molecule has 0 amide bonds. The molecule has 3 rings (SSSR count). The molecule has 124 valence electrons. The number of halogens is 3. The van der Waals surface area contributed by atoms with Gasteiger partial charge in [0.15, 0.2) is 0 Å². The van der Waals surface area contributed by atoms with Crippen molar-refractivity contribution in [3.05, 3.63) is 29.3 Å². The minimum absolute atomic E-state index is 0.00995. The SMILES string of the molecule is N#Cc1ccc(C(F)(F)F)c(NC2CCOC3(CCSC3)C2)c1. The molecule has 0 saturated carbocycles. The highest BCUT2D eigenvalue weighted by molar-refractivity contribution is 7.99. The lowest BCUT2D eigenvalue weighted by Gasteiger charge is -2.38. The Morgan fingerprint density at radius 1 is 1.39 bits per heavy atom. The second-order valence-electron chi connectivity index (χ2n) is 6.04. The fourth-order valence-electron chi connectivity index (χ4n) is 3.21. The Balaban J connectivity index is 1.82. The van der Waals surface area contributed by atoms with Crippen LogP contribution in [0.25, 0.3) is 0 Å². The van der Waals surface area contributed by atoms with E-state index in [1.54, 1.807) is 0 Å². The van der Waals surface area contributed by atoms with Crippen molar-refractivity contribution in [3.8, 4) is 6.07 Å². The van der Waals surface area contributed by atoms with Crippen LogP contribution in [0.15, 0.2) is 18.2 Å². The van der Waals surface area contributed by atoms with Gasteiger partial charge in [0.05, 0.1) is 22.8 Å². The van der Waals surface area contributed by atoms with Crippen molar-refractivity contribution in [1.82, 2.24) is 0 Å². The first-order valence-electron chi connectivity index (χ1n) is 7.51. The first-order chi connectivity index (χ1) is 10.9. The lowest BCUT2D eigenvalue weighted by atomic mass is 9.89. The summed E-state index contributed by atoms with van der Waals surface area (Å²) >= 11 is 1.83. The van der Waals surface area contributed by atoms with Crippen molar-refractivity contribution in [2.45, 2.75) is 37.1 Å². The molecule has 0 aromatic heterocycles. The minimum atomic E-state index is -4.44. The Bertz CT molecular complexity index is 621. The Labute approximate surface area is 137 Å². The second-order valence-corrected chi connectivity index (χ2v) is 7.14. The van der Waals surface area contributed by atoms with E-state index in [9.17, 15) is 13.2 Å². The molecule has 23 heavy (non-hydrogen) atoms.